The summed E-state index contributed by atoms with van der Waals surface area (Å²) in [5.74, 6) is 0.570. The van der Waals surface area contributed by atoms with E-state index in [0.717, 1.165) is 24.1 Å². The maximum absolute atomic E-state index is 12.2. The minimum atomic E-state index is -0.203. The van der Waals surface area contributed by atoms with Gasteiger partial charge in [0.25, 0.3) is 5.91 Å². The second-order valence-corrected chi connectivity index (χ2v) is 5.88. The molecule has 1 aromatic carbocycles. The lowest BCUT2D eigenvalue weighted by Crippen LogP contribution is -2.26. The number of amides is 2. The van der Waals surface area contributed by atoms with Gasteiger partial charge in [-0.25, -0.2) is 0 Å². The van der Waals surface area contributed by atoms with Gasteiger partial charge in [-0.15, -0.1) is 0 Å². The predicted molar refractivity (Wildman–Crippen MR) is 88.9 cm³/mol. The highest BCUT2D eigenvalue weighted by atomic mass is 16.3. The number of nitrogens with one attached hydrogen (secondary N) is 1. The average molecular weight is 327 g/mol. The summed E-state index contributed by atoms with van der Waals surface area (Å²) in [5, 5.41) is 2.89. The summed E-state index contributed by atoms with van der Waals surface area (Å²) in [6.07, 6.45) is 2.96. The standard InChI is InChI=1S/C18H21N3O3/c19-9-16-8-15(12-24-16)18(23)20-10-13-4-1-2-5-14(13)11-21-7-3-6-17(21)22/h1-2,4-5,8,12H,3,6-7,9-11,19H2,(H,20,23). The van der Waals surface area contributed by atoms with Crippen molar-refractivity contribution in [3.63, 3.8) is 0 Å². The molecule has 1 saturated heterocycles. The fourth-order valence-corrected chi connectivity index (χ4v) is 2.85. The molecule has 2 aromatic rings. The van der Waals surface area contributed by atoms with Gasteiger partial charge in [-0.2, -0.15) is 0 Å². The first-order chi connectivity index (χ1) is 11.7. The monoisotopic (exact) mass is 327 g/mol. The second-order valence-electron chi connectivity index (χ2n) is 5.88. The number of hydrogen-bond donors (Lipinski definition) is 2. The van der Waals surface area contributed by atoms with Crippen LogP contribution in [0.4, 0.5) is 0 Å². The Kier molecular flexibility index (Phi) is 4.96. The Morgan fingerprint density at radius 3 is 2.75 bits per heavy atom. The van der Waals surface area contributed by atoms with Crippen molar-refractivity contribution in [1.82, 2.24) is 10.2 Å². The van der Waals surface area contributed by atoms with Gasteiger partial charge in [-0.05, 0) is 23.6 Å². The van der Waals surface area contributed by atoms with E-state index >= 15 is 0 Å². The summed E-state index contributed by atoms with van der Waals surface area (Å²) in [7, 11) is 0. The molecule has 0 saturated carbocycles. The van der Waals surface area contributed by atoms with Crippen LogP contribution in [0, 0.1) is 0 Å². The third-order valence-corrected chi connectivity index (χ3v) is 4.21. The van der Waals surface area contributed by atoms with Crippen LogP contribution in [-0.4, -0.2) is 23.3 Å². The molecule has 2 heterocycles. The molecule has 6 heteroatoms. The van der Waals surface area contributed by atoms with Crippen LogP contribution in [0.15, 0.2) is 41.0 Å². The van der Waals surface area contributed by atoms with E-state index in [9.17, 15) is 9.59 Å². The zero-order valence-electron chi connectivity index (χ0n) is 13.5. The highest BCUT2D eigenvalue weighted by Gasteiger charge is 2.21. The van der Waals surface area contributed by atoms with Crippen LogP contribution in [-0.2, 0) is 24.4 Å². The number of likely N-dealkylation sites (tertiary alicyclic amines) is 1. The first-order valence-electron chi connectivity index (χ1n) is 8.07. The van der Waals surface area contributed by atoms with E-state index in [-0.39, 0.29) is 18.4 Å². The quantitative estimate of drug-likeness (QED) is 0.846. The van der Waals surface area contributed by atoms with Gasteiger partial charge in [0, 0.05) is 26.1 Å². The van der Waals surface area contributed by atoms with Crippen LogP contribution < -0.4 is 11.1 Å². The zero-order valence-corrected chi connectivity index (χ0v) is 13.5. The molecular weight excluding hydrogens is 306 g/mol. The molecule has 0 bridgehead atoms. The number of rotatable bonds is 6. The molecule has 1 aliphatic rings. The Hall–Kier alpha value is -2.60. The van der Waals surface area contributed by atoms with Gasteiger partial charge in [0.15, 0.2) is 0 Å². The Bertz CT molecular complexity index is 739. The smallest absolute Gasteiger partial charge is 0.254 e. The first kappa shape index (κ1) is 16.3. The van der Waals surface area contributed by atoms with Crippen molar-refractivity contribution in [1.29, 1.82) is 0 Å². The van der Waals surface area contributed by atoms with Crippen molar-refractivity contribution in [2.75, 3.05) is 6.54 Å². The Labute approximate surface area is 140 Å². The molecule has 0 unspecified atom stereocenters. The van der Waals surface area contributed by atoms with Gasteiger partial charge in [0.1, 0.15) is 12.0 Å². The predicted octanol–water partition coefficient (Wildman–Crippen LogP) is 1.79. The fourth-order valence-electron chi connectivity index (χ4n) is 2.85. The van der Waals surface area contributed by atoms with E-state index in [2.05, 4.69) is 5.32 Å². The molecule has 1 fully saturated rings. The zero-order chi connectivity index (χ0) is 16.9. The normalized spacial score (nSPS) is 14.2. The number of carbonyl (C=O) groups is 2. The number of nitrogens with zero attached hydrogens (tertiary/aromatic N) is 1. The number of carbonyl (C=O) groups excluding carboxylic acids is 2. The maximum atomic E-state index is 12.2. The summed E-state index contributed by atoms with van der Waals surface area (Å²) < 4.78 is 5.18. The van der Waals surface area contributed by atoms with Gasteiger partial charge in [0.05, 0.1) is 12.1 Å². The molecular formula is C18H21N3O3. The Balaban J connectivity index is 1.64. The highest BCUT2D eigenvalue weighted by molar-refractivity contribution is 5.93. The molecule has 1 aromatic heterocycles. The van der Waals surface area contributed by atoms with Crippen LogP contribution in [0.5, 0.6) is 0 Å². The van der Waals surface area contributed by atoms with Crippen LogP contribution in [0.3, 0.4) is 0 Å². The average Bonchev–Trinajstić information content (AvgIpc) is 3.23. The molecule has 0 aliphatic carbocycles. The van der Waals surface area contributed by atoms with E-state index in [1.807, 2.05) is 29.2 Å². The van der Waals surface area contributed by atoms with Gasteiger partial charge in [0.2, 0.25) is 5.91 Å². The topological polar surface area (TPSA) is 88.6 Å². The van der Waals surface area contributed by atoms with Crippen molar-refractivity contribution in [3.8, 4) is 0 Å². The van der Waals surface area contributed by atoms with Crippen molar-refractivity contribution in [2.24, 2.45) is 5.73 Å². The van der Waals surface area contributed by atoms with E-state index in [1.165, 1.54) is 6.26 Å². The summed E-state index contributed by atoms with van der Waals surface area (Å²) in [6.45, 7) is 2.06. The summed E-state index contributed by atoms with van der Waals surface area (Å²) >= 11 is 0. The van der Waals surface area contributed by atoms with E-state index in [4.69, 9.17) is 10.2 Å². The van der Waals surface area contributed by atoms with E-state index in [0.29, 0.717) is 30.8 Å². The molecule has 126 valence electrons. The largest absolute Gasteiger partial charge is 0.467 e. The third-order valence-electron chi connectivity index (χ3n) is 4.21. The molecule has 24 heavy (non-hydrogen) atoms. The van der Waals surface area contributed by atoms with E-state index in [1.54, 1.807) is 6.07 Å². The molecule has 3 rings (SSSR count). The minimum absolute atomic E-state index is 0.196. The maximum Gasteiger partial charge on any atom is 0.254 e. The number of hydrogen-bond acceptors (Lipinski definition) is 4. The molecule has 0 radical (unpaired) electrons. The Morgan fingerprint density at radius 1 is 1.29 bits per heavy atom. The minimum Gasteiger partial charge on any atom is -0.467 e. The van der Waals surface area contributed by atoms with Gasteiger partial charge >= 0.3 is 0 Å². The second kappa shape index (κ2) is 7.31. The lowest BCUT2D eigenvalue weighted by molar-refractivity contribution is -0.128. The molecule has 3 N–H and O–H groups in total. The summed E-state index contributed by atoms with van der Waals surface area (Å²) in [4.78, 5) is 25.9. The summed E-state index contributed by atoms with van der Waals surface area (Å²) in [5.41, 5.74) is 8.01. The van der Waals surface area contributed by atoms with Crippen molar-refractivity contribution in [3.05, 3.63) is 59.0 Å². The lowest BCUT2D eigenvalue weighted by Gasteiger charge is -2.18. The van der Waals surface area contributed by atoms with Gasteiger partial charge in [-0.3, -0.25) is 9.59 Å². The number of furan rings is 1. The fraction of sp³-hybridized carbons (Fsp3) is 0.333. The molecule has 2 amide bonds. The van der Waals surface area contributed by atoms with Crippen LogP contribution in [0.25, 0.3) is 0 Å². The van der Waals surface area contributed by atoms with Crippen molar-refractivity contribution < 1.29 is 14.0 Å². The molecule has 6 nitrogen and oxygen atoms in total. The van der Waals surface area contributed by atoms with Crippen LogP contribution in [0.1, 0.15) is 40.1 Å². The first-order valence-corrected chi connectivity index (χ1v) is 8.07. The highest BCUT2D eigenvalue weighted by Crippen LogP contribution is 2.17. The number of nitrogens with two attached hydrogens (primary N) is 1. The van der Waals surface area contributed by atoms with Crippen molar-refractivity contribution >= 4 is 11.8 Å². The summed E-state index contributed by atoms with van der Waals surface area (Å²) in [6, 6.07) is 9.49. The van der Waals surface area contributed by atoms with Gasteiger partial charge < -0.3 is 20.4 Å². The third kappa shape index (κ3) is 3.65. The molecule has 0 spiro atoms. The van der Waals surface area contributed by atoms with Crippen LogP contribution >= 0.6 is 0 Å². The molecule has 1 aliphatic heterocycles. The Morgan fingerprint density at radius 2 is 2.08 bits per heavy atom. The van der Waals surface area contributed by atoms with Crippen LogP contribution in [0.2, 0.25) is 0 Å². The van der Waals surface area contributed by atoms with E-state index < -0.39 is 0 Å². The SMILES string of the molecule is NCc1cc(C(=O)NCc2ccccc2CN2CCCC2=O)co1. The lowest BCUT2D eigenvalue weighted by atomic mass is 10.1. The van der Waals surface area contributed by atoms with Crippen molar-refractivity contribution in [2.45, 2.75) is 32.5 Å². The van der Waals surface area contributed by atoms with Gasteiger partial charge in [-0.1, -0.05) is 24.3 Å². The molecule has 0 atom stereocenters. The number of benzene rings is 1.